The zero-order valence-electron chi connectivity index (χ0n) is 25.7. The number of rotatable bonds is 9. The summed E-state index contributed by atoms with van der Waals surface area (Å²) in [4.78, 5) is 25.5. The maximum Gasteiger partial charge on any atom is 0.275 e. The van der Waals surface area contributed by atoms with E-state index in [-0.39, 0.29) is 11.5 Å². The summed E-state index contributed by atoms with van der Waals surface area (Å²) in [5.74, 6) is -0.524. The zero-order chi connectivity index (χ0) is 34.5. The van der Waals surface area contributed by atoms with E-state index >= 15 is 0 Å². The van der Waals surface area contributed by atoms with Gasteiger partial charge in [0.1, 0.15) is 17.2 Å². The molecule has 0 unspecified atom stereocenters. The largest absolute Gasteiger partial charge is 0.507 e. The van der Waals surface area contributed by atoms with Crippen LogP contribution in [-0.2, 0) is 0 Å². The Balaban J connectivity index is 1.13. The van der Waals surface area contributed by atoms with Crippen LogP contribution in [0.15, 0.2) is 118 Å². The molecule has 0 heterocycles. The number of methoxy groups -OCH3 is 1. The van der Waals surface area contributed by atoms with Crippen molar-refractivity contribution < 1.29 is 24.5 Å². The Kier molecular flexibility index (Phi) is 9.74. The van der Waals surface area contributed by atoms with Crippen molar-refractivity contribution in [2.45, 2.75) is 0 Å². The Bertz CT molecular complexity index is 2310. The number of phenols is 2. The van der Waals surface area contributed by atoms with Crippen LogP contribution in [0.5, 0.6) is 17.2 Å². The van der Waals surface area contributed by atoms with Gasteiger partial charge in [0.25, 0.3) is 11.8 Å². The topological polar surface area (TPSA) is 145 Å². The molecule has 0 saturated heterocycles. The van der Waals surface area contributed by atoms with Crippen molar-refractivity contribution in [3.8, 4) is 17.2 Å². The molecule has 5 N–H and O–H groups in total. The number of nitrogens with one attached hydrogen (secondary N) is 3. The fraction of sp³-hybridized carbons (Fsp3) is 0.0270. The Morgan fingerprint density at radius 2 is 1.43 bits per heavy atom. The van der Waals surface area contributed by atoms with Gasteiger partial charge in [-0.15, -0.1) is 0 Å². The van der Waals surface area contributed by atoms with Gasteiger partial charge in [-0.05, 0) is 82.2 Å². The molecule has 49 heavy (non-hydrogen) atoms. The monoisotopic (exact) mass is 735 g/mol. The van der Waals surface area contributed by atoms with E-state index in [4.69, 9.17) is 16.3 Å². The van der Waals surface area contributed by atoms with Gasteiger partial charge in [-0.2, -0.15) is 10.2 Å². The molecule has 6 aromatic carbocycles. The molecule has 12 heteroatoms. The van der Waals surface area contributed by atoms with E-state index in [1.54, 1.807) is 54.6 Å². The Labute approximate surface area is 293 Å². The maximum atomic E-state index is 12.8. The zero-order valence-corrected chi connectivity index (χ0v) is 28.1. The molecule has 0 fully saturated rings. The van der Waals surface area contributed by atoms with E-state index in [1.807, 2.05) is 36.4 Å². The first-order valence-corrected chi connectivity index (χ1v) is 15.9. The lowest BCUT2D eigenvalue weighted by Gasteiger charge is -2.12. The summed E-state index contributed by atoms with van der Waals surface area (Å²) in [6.07, 6.45) is 2.78. The number of halogens is 2. The Morgan fingerprint density at radius 1 is 0.755 bits per heavy atom. The highest BCUT2D eigenvalue weighted by molar-refractivity contribution is 9.10. The number of aromatic hydroxyl groups is 2. The molecule has 6 aromatic rings. The van der Waals surface area contributed by atoms with Crippen molar-refractivity contribution >= 4 is 84.7 Å². The van der Waals surface area contributed by atoms with E-state index in [0.717, 1.165) is 20.6 Å². The van der Waals surface area contributed by atoms with Gasteiger partial charge >= 0.3 is 0 Å². The Morgan fingerprint density at radius 3 is 2.14 bits per heavy atom. The molecule has 0 radical (unpaired) electrons. The molecule has 0 aliphatic heterocycles. The number of anilines is 2. The predicted octanol–water partition coefficient (Wildman–Crippen LogP) is 8.10. The number of nitrogens with zero attached hydrogens (tertiary/aromatic N) is 2. The first kappa shape index (κ1) is 33.0. The molecular weight excluding hydrogens is 710 g/mol. The summed E-state index contributed by atoms with van der Waals surface area (Å²) in [6.45, 7) is 0. The number of hydrazone groups is 2. The summed E-state index contributed by atoms with van der Waals surface area (Å²) in [5.41, 5.74) is 7.72. The van der Waals surface area contributed by atoms with Gasteiger partial charge in [0.2, 0.25) is 0 Å². The number of amides is 2. The second-order valence-corrected chi connectivity index (χ2v) is 12.0. The number of hydrogen-bond acceptors (Lipinski definition) is 8. The minimum absolute atomic E-state index is 0.0115. The van der Waals surface area contributed by atoms with Gasteiger partial charge in [-0.1, -0.05) is 70.0 Å². The molecule has 0 aliphatic carbocycles. The van der Waals surface area contributed by atoms with Crippen LogP contribution in [0, 0.1) is 0 Å². The molecule has 0 spiro atoms. The maximum absolute atomic E-state index is 12.8. The number of carbonyl (C=O) groups is 2. The predicted molar refractivity (Wildman–Crippen MR) is 197 cm³/mol. The van der Waals surface area contributed by atoms with Gasteiger partial charge in [0.05, 0.1) is 35.8 Å². The standard InChI is InChI=1S/C37H27BrClN5O5/c1-49-35-18-24(38)9-11-28(35)37(48)44-41-20-30-27-12-10-25(16-22(27)8-15-34(30)46)42-32-13-6-23(17-31(32)39)36(47)43-40-19-29-26-5-3-2-4-21(26)7-14-33(29)45/h2-20,42,45-46H,1H3,(H,43,47)(H,44,48)/b40-19+,41-20+. The van der Waals surface area contributed by atoms with E-state index in [9.17, 15) is 19.8 Å². The van der Waals surface area contributed by atoms with Crippen molar-refractivity contribution in [1.82, 2.24) is 10.9 Å². The van der Waals surface area contributed by atoms with Gasteiger partial charge in [0.15, 0.2) is 0 Å². The van der Waals surface area contributed by atoms with Gasteiger partial charge in [-0.3, -0.25) is 9.59 Å². The van der Waals surface area contributed by atoms with Crippen LogP contribution in [0.3, 0.4) is 0 Å². The minimum Gasteiger partial charge on any atom is -0.507 e. The Hall–Kier alpha value is -5.91. The third-order valence-electron chi connectivity index (χ3n) is 7.62. The lowest BCUT2D eigenvalue weighted by Crippen LogP contribution is -2.18. The summed E-state index contributed by atoms with van der Waals surface area (Å²) >= 11 is 9.90. The third kappa shape index (κ3) is 7.33. The average molecular weight is 737 g/mol. The molecule has 0 aromatic heterocycles. The third-order valence-corrected chi connectivity index (χ3v) is 8.43. The molecule has 6 rings (SSSR count). The van der Waals surface area contributed by atoms with Gasteiger partial charge < -0.3 is 20.3 Å². The highest BCUT2D eigenvalue weighted by atomic mass is 79.9. The van der Waals surface area contributed by atoms with Crippen LogP contribution in [0.25, 0.3) is 21.5 Å². The first-order valence-electron chi connectivity index (χ1n) is 14.7. The van der Waals surface area contributed by atoms with Crippen LogP contribution in [0.1, 0.15) is 31.8 Å². The minimum atomic E-state index is -0.476. The average Bonchev–Trinajstić information content (AvgIpc) is 3.10. The number of benzene rings is 6. The number of ether oxygens (including phenoxy) is 1. The smallest absolute Gasteiger partial charge is 0.275 e. The van der Waals surface area contributed by atoms with Crippen molar-refractivity contribution in [1.29, 1.82) is 0 Å². The van der Waals surface area contributed by atoms with E-state index in [2.05, 4.69) is 42.3 Å². The van der Waals surface area contributed by atoms with Crippen molar-refractivity contribution in [2.75, 3.05) is 12.4 Å². The molecule has 244 valence electrons. The fourth-order valence-electron chi connectivity index (χ4n) is 5.18. The fourth-order valence-corrected chi connectivity index (χ4v) is 5.74. The lowest BCUT2D eigenvalue weighted by molar-refractivity contribution is 0.0945. The lowest BCUT2D eigenvalue weighted by atomic mass is 10.0. The summed E-state index contributed by atoms with van der Waals surface area (Å²) in [6, 6.07) is 29.5. The van der Waals surface area contributed by atoms with Crippen molar-refractivity contribution in [2.24, 2.45) is 10.2 Å². The van der Waals surface area contributed by atoms with E-state index in [1.165, 1.54) is 31.7 Å². The number of fused-ring (bicyclic) bond motifs is 2. The molecule has 0 bridgehead atoms. The molecule has 0 aliphatic rings. The van der Waals surface area contributed by atoms with Crippen LogP contribution < -0.4 is 20.9 Å². The molecule has 0 saturated carbocycles. The normalized spacial score (nSPS) is 11.3. The number of hydrogen-bond donors (Lipinski definition) is 5. The first-order chi connectivity index (χ1) is 23.7. The van der Waals surface area contributed by atoms with Gasteiger partial charge in [0, 0.05) is 26.9 Å². The number of phenolic OH excluding ortho intramolecular Hbond substituents is 2. The quantitative estimate of drug-likeness (QED) is 0.0750. The summed E-state index contributed by atoms with van der Waals surface area (Å²) in [7, 11) is 1.47. The second-order valence-electron chi connectivity index (χ2n) is 10.7. The van der Waals surface area contributed by atoms with E-state index in [0.29, 0.717) is 49.8 Å². The molecule has 10 nitrogen and oxygen atoms in total. The SMILES string of the molecule is COc1cc(Br)ccc1C(=O)N/N=C/c1c(O)ccc2cc(Nc3ccc(C(=O)N/N=C/c4c(O)ccc5ccccc45)cc3Cl)ccc12. The highest BCUT2D eigenvalue weighted by Gasteiger charge is 2.13. The van der Waals surface area contributed by atoms with Gasteiger partial charge in [-0.25, -0.2) is 10.9 Å². The summed E-state index contributed by atoms with van der Waals surface area (Å²) < 4.78 is 6.05. The van der Waals surface area contributed by atoms with Crippen molar-refractivity contribution in [3.63, 3.8) is 0 Å². The van der Waals surface area contributed by atoms with Crippen LogP contribution in [-0.4, -0.2) is 41.6 Å². The molecular formula is C37H27BrClN5O5. The molecule has 0 atom stereocenters. The van der Waals surface area contributed by atoms with Crippen LogP contribution in [0.2, 0.25) is 5.02 Å². The summed E-state index contributed by atoms with van der Waals surface area (Å²) in [5, 5.41) is 35.8. The van der Waals surface area contributed by atoms with E-state index < -0.39 is 11.8 Å². The highest BCUT2D eigenvalue weighted by Crippen LogP contribution is 2.32. The molecule has 2 amide bonds. The van der Waals surface area contributed by atoms with Crippen LogP contribution >= 0.6 is 27.5 Å². The van der Waals surface area contributed by atoms with Crippen LogP contribution in [0.4, 0.5) is 11.4 Å². The van der Waals surface area contributed by atoms with Crippen molar-refractivity contribution in [3.05, 3.63) is 135 Å². The number of carbonyl (C=O) groups excluding carboxylic acids is 2. The second kappa shape index (κ2) is 14.5.